The molecule has 0 fully saturated rings. The SMILES string of the molecule is CC(C)C(=O)NNS(=O)(=O)c1ccc(S(N)(=O)=O)cc1. The van der Waals surface area contributed by atoms with E-state index in [1.165, 1.54) is 0 Å². The zero-order valence-corrected chi connectivity index (χ0v) is 12.5. The van der Waals surface area contributed by atoms with Crippen LogP contribution < -0.4 is 15.4 Å². The fourth-order valence-corrected chi connectivity index (χ4v) is 2.49. The highest BCUT2D eigenvalue weighted by atomic mass is 32.2. The summed E-state index contributed by atoms with van der Waals surface area (Å²) in [6.45, 7) is 3.20. The Kier molecular flexibility index (Phi) is 4.86. The molecule has 10 heteroatoms. The molecule has 1 aromatic carbocycles. The van der Waals surface area contributed by atoms with Gasteiger partial charge in [-0.2, -0.15) is 0 Å². The lowest BCUT2D eigenvalue weighted by Gasteiger charge is -2.10. The Hall–Kier alpha value is -1.49. The maximum absolute atomic E-state index is 11.8. The number of hydrogen-bond donors (Lipinski definition) is 3. The number of nitrogens with two attached hydrogens (primary N) is 1. The number of hydrogen-bond acceptors (Lipinski definition) is 5. The third-order valence-electron chi connectivity index (χ3n) is 2.30. The van der Waals surface area contributed by atoms with Crippen LogP contribution in [0.5, 0.6) is 0 Å². The minimum Gasteiger partial charge on any atom is -0.277 e. The lowest BCUT2D eigenvalue weighted by Crippen LogP contribution is -2.43. The number of primary sulfonamides is 1. The molecule has 112 valence electrons. The van der Waals surface area contributed by atoms with Gasteiger partial charge in [0, 0.05) is 5.92 Å². The number of rotatable bonds is 5. The molecule has 1 aromatic rings. The van der Waals surface area contributed by atoms with E-state index in [-0.39, 0.29) is 15.7 Å². The van der Waals surface area contributed by atoms with Gasteiger partial charge in [-0.3, -0.25) is 10.2 Å². The highest BCUT2D eigenvalue weighted by molar-refractivity contribution is 7.89. The third-order valence-corrected chi connectivity index (χ3v) is 4.49. The molecule has 0 atom stereocenters. The molecular weight excluding hydrogens is 306 g/mol. The second-order valence-corrected chi connectivity index (χ2v) is 7.51. The fraction of sp³-hybridized carbons (Fsp3) is 0.300. The van der Waals surface area contributed by atoms with Gasteiger partial charge in [0.2, 0.25) is 15.9 Å². The van der Waals surface area contributed by atoms with Crippen molar-refractivity contribution in [2.24, 2.45) is 11.1 Å². The zero-order chi connectivity index (χ0) is 15.6. The van der Waals surface area contributed by atoms with Crippen molar-refractivity contribution in [3.63, 3.8) is 0 Å². The van der Waals surface area contributed by atoms with Gasteiger partial charge in [-0.25, -0.2) is 22.0 Å². The van der Waals surface area contributed by atoms with Crippen LogP contribution in [-0.2, 0) is 24.8 Å². The van der Waals surface area contributed by atoms with Crippen LogP contribution >= 0.6 is 0 Å². The highest BCUT2D eigenvalue weighted by Crippen LogP contribution is 2.12. The summed E-state index contributed by atoms with van der Waals surface area (Å²) in [7, 11) is -7.86. The number of benzene rings is 1. The Labute approximate surface area is 117 Å². The van der Waals surface area contributed by atoms with Crippen molar-refractivity contribution in [1.29, 1.82) is 0 Å². The Morgan fingerprint density at radius 3 is 1.90 bits per heavy atom. The van der Waals surface area contributed by atoms with Crippen LogP contribution in [0.15, 0.2) is 34.1 Å². The number of nitrogens with one attached hydrogen (secondary N) is 2. The second kappa shape index (κ2) is 5.87. The first-order chi connectivity index (χ1) is 9.04. The summed E-state index contributed by atoms with van der Waals surface area (Å²) in [5, 5.41) is 4.90. The number of carbonyl (C=O) groups excluding carboxylic acids is 1. The average molecular weight is 321 g/mol. The molecule has 0 radical (unpaired) electrons. The zero-order valence-electron chi connectivity index (χ0n) is 10.8. The van der Waals surface area contributed by atoms with E-state index in [9.17, 15) is 21.6 Å². The summed E-state index contributed by atoms with van der Waals surface area (Å²) in [4.78, 5) is 12.8. The van der Waals surface area contributed by atoms with Crippen LogP contribution in [0.3, 0.4) is 0 Å². The topological polar surface area (TPSA) is 135 Å². The number of hydrazine groups is 1. The van der Waals surface area contributed by atoms with E-state index in [1.807, 2.05) is 10.3 Å². The van der Waals surface area contributed by atoms with Gasteiger partial charge in [-0.15, -0.1) is 4.83 Å². The first kappa shape index (κ1) is 16.6. The highest BCUT2D eigenvalue weighted by Gasteiger charge is 2.17. The van der Waals surface area contributed by atoms with Crippen molar-refractivity contribution in [3.05, 3.63) is 24.3 Å². The summed E-state index contributed by atoms with van der Waals surface area (Å²) in [6, 6.07) is 4.27. The second-order valence-electron chi connectivity index (χ2n) is 4.27. The Balaban J connectivity index is 2.91. The molecule has 0 spiro atoms. The molecule has 4 N–H and O–H groups in total. The van der Waals surface area contributed by atoms with E-state index >= 15 is 0 Å². The maximum Gasteiger partial charge on any atom is 0.257 e. The first-order valence-corrected chi connectivity index (χ1v) is 8.51. The predicted octanol–water partition coefficient (Wildman–Crippen LogP) is -0.700. The van der Waals surface area contributed by atoms with Crippen molar-refractivity contribution in [2.45, 2.75) is 23.6 Å². The van der Waals surface area contributed by atoms with Crippen LogP contribution in [0.4, 0.5) is 0 Å². The van der Waals surface area contributed by atoms with Gasteiger partial charge in [-0.05, 0) is 24.3 Å². The Morgan fingerprint density at radius 1 is 1.05 bits per heavy atom. The van der Waals surface area contributed by atoms with Crippen molar-refractivity contribution < 1.29 is 21.6 Å². The Morgan fingerprint density at radius 2 is 1.50 bits per heavy atom. The molecule has 0 bridgehead atoms. The smallest absolute Gasteiger partial charge is 0.257 e. The van der Waals surface area contributed by atoms with E-state index in [1.54, 1.807) is 13.8 Å². The molecular formula is C10H15N3O5S2. The molecule has 0 aliphatic heterocycles. The van der Waals surface area contributed by atoms with Gasteiger partial charge in [-0.1, -0.05) is 13.8 Å². The molecule has 0 aliphatic rings. The van der Waals surface area contributed by atoms with Gasteiger partial charge in [0.05, 0.1) is 9.79 Å². The van der Waals surface area contributed by atoms with Gasteiger partial charge in [0.15, 0.2) is 0 Å². The van der Waals surface area contributed by atoms with E-state index < -0.39 is 26.0 Å². The minimum absolute atomic E-state index is 0.200. The van der Waals surface area contributed by atoms with Crippen LogP contribution in [0.25, 0.3) is 0 Å². The molecule has 1 amide bonds. The lowest BCUT2D eigenvalue weighted by molar-refractivity contribution is -0.124. The molecule has 8 nitrogen and oxygen atoms in total. The third kappa shape index (κ3) is 4.27. The van der Waals surface area contributed by atoms with Gasteiger partial charge in [0.1, 0.15) is 0 Å². The van der Waals surface area contributed by atoms with Crippen molar-refractivity contribution in [2.75, 3.05) is 0 Å². The van der Waals surface area contributed by atoms with E-state index in [4.69, 9.17) is 5.14 Å². The molecule has 0 aromatic heterocycles. The average Bonchev–Trinajstić information content (AvgIpc) is 2.35. The molecule has 0 saturated carbocycles. The standard InChI is InChI=1S/C10H15N3O5S2/c1-7(2)10(14)12-13-20(17,18)9-5-3-8(4-6-9)19(11,15)16/h3-7,13H,1-2H3,(H,12,14)(H2,11,15,16). The Bertz CT molecular complexity index is 693. The van der Waals surface area contributed by atoms with Crippen LogP contribution in [0, 0.1) is 5.92 Å². The van der Waals surface area contributed by atoms with E-state index in [0.29, 0.717) is 0 Å². The molecule has 0 heterocycles. The lowest BCUT2D eigenvalue weighted by atomic mass is 10.2. The molecule has 0 saturated heterocycles. The predicted molar refractivity (Wildman–Crippen MR) is 71.1 cm³/mol. The van der Waals surface area contributed by atoms with Crippen LogP contribution in [-0.4, -0.2) is 22.7 Å². The monoisotopic (exact) mass is 321 g/mol. The van der Waals surface area contributed by atoms with E-state index in [2.05, 4.69) is 0 Å². The summed E-state index contributed by atoms with van der Waals surface area (Å²) in [6.07, 6.45) is 0. The first-order valence-electron chi connectivity index (χ1n) is 5.48. The normalized spacial score (nSPS) is 12.4. The molecule has 0 aliphatic carbocycles. The van der Waals surface area contributed by atoms with Gasteiger partial charge in [0.25, 0.3) is 10.0 Å². The maximum atomic E-state index is 11.8. The summed E-state index contributed by atoms with van der Waals surface area (Å²) < 4.78 is 45.7. The van der Waals surface area contributed by atoms with Crippen LogP contribution in [0.1, 0.15) is 13.8 Å². The summed E-state index contributed by atoms with van der Waals surface area (Å²) in [5.74, 6) is -0.878. The van der Waals surface area contributed by atoms with Crippen molar-refractivity contribution >= 4 is 26.0 Å². The van der Waals surface area contributed by atoms with Crippen LogP contribution in [0.2, 0.25) is 0 Å². The minimum atomic E-state index is -3.97. The van der Waals surface area contributed by atoms with Gasteiger partial charge < -0.3 is 0 Å². The summed E-state index contributed by atoms with van der Waals surface area (Å²) in [5.41, 5.74) is 2.05. The number of amides is 1. The molecule has 0 unspecified atom stereocenters. The molecule has 20 heavy (non-hydrogen) atoms. The summed E-state index contributed by atoms with van der Waals surface area (Å²) >= 11 is 0. The van der Waals surface area contributed by atoms with E-state index in [0.717, 1.165) is 24.3 Å². The number of sulfonamides is 2. The molecule has 1 rings (SSSR count). The quantitative estimate of drug-likeness (QED) is 0.616. The number of carbonyl (C=O) groups is 1. The fourth-order valence-electron chi connectivity index (χ4n) is 1.13. The van der Waals surface area contributed by atoms with Gasteiger partial charge >= 0.3 is 0 Å². The van der Waals surface area contributed by atoms with Crippen molar-refractivity contribution in [1.82, 2.24) is 10.3 Å². The van der Waals surface area contributed by atoms with Crippen molar-refractivity contribution in [3.8, 4) is 0 Å². The largest absolute Gasteiger partial charge is 0.277 e.